The second-order valence-electron chi connectivity index (χ2n) is 4.69. The van der Waals surface area contributed by atoms with Crippen molar-refractivity contribution in [1.82, 2.24) is 9.88 Å². The second kappa shape index (κ2) is 6.36. The van der Waals surface area contributed by atoms with E-state index in [-0.39, 0.29) is 11.8 Å². The summed E-state index contributed by atoms with van der Waals surface area (Å²) in [6.45, 7) is 0. The van der Waals surface area contributed by atoms with Crippen LogP contribution in [0.4, 0.5) is 10.8 Å². The van der Waals surface area contributed by atoms with Crippen molar-refractivity contribution in [2.75, 3.05) is 25.1 Å². The third kappa shape index (κ3) is 4.03. The van der Waals surface area contributed by atoms with Crippen LogP contribution in [0.25, 0.3) is 0 Å². The third-order valence-electron chi connectivity index (χ3n) is 2.82. The van der Waals surface area contributed by atoms with E-state index in [4.69, 9.17) is 5.73 Å². The summed E-state index contributed by atoms with van der Waals surface area (Å²) in [6, 6.07) is 7.14. The molecule has 1 aromatic carbocycles. The monoisotopic (exact) mass is 304 g/mol. The van der Waals surface area contributed by atoms with Crippen LogP contribution >= 0.6 is 11.3 Å². The van der Waals surface area contributed by atoms with Gasteiger partial charge in [-0.3, -0.25) is 9.59 Å². The maximum Gasteiger partial charge on any atom is 0.275 e. The number of carbonyl (C=O) groups is 2. The summed E-state index contributed by atoms with van der Waals surface area (Å²) >= 11 is 1.22. The number of nitrogens with zero attached hydrogens (tertiary/aromatic N) is 2. The molecule has 2 amide bonds. The number of thiazole rings is 1. The molecular formula is C14H16N4O2S. The molecule has 0 aliphatic carbocycles. The standard InChI is InChI=1S/C14H16N4O2S/c1-18(2)12(19)7-9-3-5-10(6-4-9)16-13(20)11-8-21-14(15)17-11/h3-6,8H,7H2,1-2H3,(H2,15,17)(H,16,20). The quantitative estimate of drug-likeness (QED) is 0.898. The van der Waals surface area contributed by atoms with Gasteiger partial charge in [0.25, 0.3) is 5.91 Å². The van der Waals surface area contributed by atoms with Gasteiger partial charge in [-0.25, -0.2) is 4.98 Å². The van der Waals surface area contributed by atoms with Crippen molar-refractivity contribution in [1.29, 1.82) is 0 Å². The summed E-state index contributed by atoms with van der Waals surface area (Å²) in [5.74, 6) is -0.273. The van der Waals surface area contributed by atoms with Gasteiger partial charge in [-0.15, -0.1) is 11.3 Å². The Labute approximate surface area is 126 Å². The Bertz CT molecular complexity index is 649. The first-order valence-corrected chi connectivity index (χ1v) is 7.15. The van der Waals surface area contributed by atoms with Gasteiger partial charge in [-0.1, -0.05) is 12.1 Å². The molecule has 3 N–H and O–H groups in total. The van der Waals surface area contributed by atoms with E-state index in [0.717, 1.165) is 5.56 Å². The molecular weight excluding hydrogens is 288 g/mol. The average molecular weight is 304 g/mol. The Hall–Kier alpha value is -2.41. The molecule has 0 unspecified atom stereocenters. The number of benzene rings is 1. The summed E-state index contributed by atoms with van der Waals surface area (Å²) in [7, 11) is 3.44. The van der Waals surface area contributed by atoms with Gasteiger partial charge in [0.05, 0.1) is 6.42 Å². The third-order valence-corrected chi connectivity index (χ3v) is 3.49. The number of hydrogen-bond acceptors (Lipinski definition) is 5. The van der Waals surface area contributed by atoms with Crippen LogP contribution in [0.2, 0.25) is 0 Å². The topological polar surface area (TPSA) is 88.3 Å². The lowest BCUT2D eigenvalue weighted by molar-refractivity contribution is -0.127. The molecule has 2 aromatic rings. The predicted octanol–water partition coefficient (Wildman–Crippen LogP) is 1.61. The zero-order chi connectivity index (χ0) is 15.4. The number of amides is 2. The van der Waals surface area contributed by atoms with Crippen LogP contribution in [0.5, 0.6) is 0 Å². The lowest BCUT2D eigenvalue weighted by Gasteiger charge is -2.10. The summed E-state index contributed by atoms with van der Waals surface area (Å²) in [6.07, 6.45) is 0.337. The molecule has 110 valence electrons. The minimum absolute atomic E-state index is 0.0322. The Morgan fingerprint density at radius 1 is 1.29 bits per heavy atom. The number of likely N-dealkylation sites (N-methyl/N-ethyl adjacent to an activating group) is 1. The smallest absolute Gasteiger partial charge is 0.275 e. The number of anilines is 2. The van der Waals surface area contributed by atoms with Crippen molar-refractivity contribution in [3.63, 3.8) is 0 Å². The first-order chi connectivity index (χ1) is 9.95. The van der Waals surface area contributed by atoms with Crippen LogP contribution in [0.3, 0.4) is 0 Å². The lowest BCUT2D eigenvalue weighted by Crippen LogP contribution is -2.23. The zero-order valence-electron chi connectivity index (χ0n) is 11.8. The molecule has 0 bridgehead atoms. The Morgan fingerprint density at radius 2 is 1.95 bits per heavy atom. The van der Waals surface area contributed by atoms with E-state index >= 15 is 0 Å². The highest BCUT2D eigenvalue weighted by molar-refractivity contribution is 7.13. The fraction of sp³-hybridized carbons (Fsp3) is 0.214. The second-order valence-corrected chi connectivity index (χ2v) is 5.58. The van der Waals surface area contributed by atoms with E-state index in [0.29, 0.717) is 22.9 Å². The molecule has 0 aliphatic heterocycles. The van der Waals surface area contributed by atoms with Crippen molar-refractivity contribution >= 4 is 34.0 Å². The van der Waals surface area contributed by atoms with Crippen LogP contribution in [-0.4, -0.2) is 35.8 Å². The lowest BCUT2D eigenvalue weighted by atomic mass is 10.1. The highest BCUT2D eigenvalue weighted by atomic mass is 32.1. The molecule has 2 rings (SSSR count). The van der Waals surface area contributed by atoms with Crippen LogP contribution in [-0.2, 0) is 11.2 Å². The molecule has 0 saturated carbocycles. The minimum Gasteiger partial charge on any atom is -0.375 e. The van der Waals surface area contributed by atoms with Crippen molar-refractivity contribution in [3.8, 4) is 0 Å². The fourth-order valence-electron chi connectivity index (χ4n) is 1.63. The van der Waals surface area contributed by atoms with Crippen LogP contribution in [0, 0.1) is 0 Å². The van der Waals surface area contributed by atoms with Gasteiger partial charge in [0.15, 0.2) is 5.13 Å². The Kier molecular flexibility index (Phi) is 4.54. The van der Waals surface area contributed by atoms with E-state index in [1.165, 1.54) is 11.3 Å². The van der Waals surface area contributed by atoms with Crippen molar-refractivity contribution < 1.29 is 9.59 Å². The van der Waals surface area contributed by atoms with Gasteiger partial charge in [0.1, 0.15) is 5.69 Å². The van der Waals surface area contributed by atoms with Gasteiger partial charge < -0.3 is 16.0 Å². The van der Waals surface area contributed by atoms with Crippen molar-refractivity contribution in [2.45, 2.75) is 6.42 Å². The van der Waals surface area contributed by atoms with E-state index in [2.05, 4.69) is 10.3 Å². The molecule has 0 fully saturated rings. The largest absolute Gasteiger partial charge is 0.375 e. The van der Waals surface area contributed by atoms with E-state index < -0.39 is 0 Å². The van der Waals surface area contributed by atoms with Crippen LogP contribution in [0.15, 0.2) is 29.6 Å². The number of aromatic nitrogens is 1. The number of hydrogen-bond donors (Lipinski definition) is 2. The number of nitrogens with two attached hydrogens (primary N) is 1. The molecule has 0 aliphatic rings. The van der Waals surface area contributed by atoms with Gasteiger partial charge >= 0.3 is 0 Å². The number of nitrogen functional groups attached to an aromatic ring is 1. The number of rotatable bonds is 4. The maximum atomic E-state index is 11.9. The molecule has 0 radical (unpaired) electrons. The first-order valence-electron chi connectivity index (χ1n) is 6.27. The van der Waals surface area contributed by atoms with Crippen molar-refractivity contribution in [3.05, 3.63) is 40.9 Å². The van der Waals surface area contributed by atoms with Gasteiger partial charge in [0, 0.05) is 25.2 Å². The fourth-order valence-corrected chi connectivity index (χ4v) is 2.17. The van der Waals surface area contributed by atoms with E-state index in [9.17, 15) is 9.59 Å². The molecule has 1 aromatic heterocycles. The van der Waals surface area contributed by atoms with Gasteiger partial charge in [0.2, 0.25) is 5.91 Å². The molecule has 7 heteroatoms. The van der Waals surface area contributed by atoms with Crippen LogP contribution in [0.1, 0.15) is 16.1 Å². The highest BCUT2D eigenvalue weighted by Crippen LogP contribution is 2.15. The summed E-state index contributed by atoms with van der Waals surface area (Å²) in [5, 5.41) is 4.69. The highest BCUT2D eigenvalue weighted by Gasteiger charge is 2.10. The first kappa shape index (κ1) is 15.0. The predicted molar refractivity (Wildman–Crippen MR) is 83.3 cm³/mol. The summed E-state index contributed by atoms with van der Waals surface area (Å²) in [4.78, 5) is 29.0. The van der Waals surface area contributed by atoms with Crippen molar-refractivity contribution in [2.24, 2.45) is 0 Å². The molecule has 0 saturated heterocycles. The van der Waals surface area contributed by atoms with Gasteiger partial charge in [-0.2, -0.15) is 0 Å². The number of carbonyl (C=O) groups excluding carboxylic acids is 2. The Morgan fingerprint density at radius 3 is 2.48 bits per heavy atom. The SMILES string of the molecule is CN(C)C(=O)Cc1ccc(NC(=O)c2csc(N)n2)cc1. The summed E-state index contributed by atoms with van der Waals surface area (Å²) in [5.41, 5.74) is 7.33. The molecule has 0 spiro atoms. The minimum atomic E-state index is -0.305. The maximum absolute atomic E-state index is 11.9. The number of nitrogens with one attached hydrogen (secondary N) is 1. The van der Waals surface area contributed by atoms with E-state index in [1.54, 1.807) is 36.5 Å². The Balaban J connectivity index is 1.99. The zero-order valence-corrected chi connectivity index (χ0v) is 12.6. The molecule has 0 atom stereocenters. The van der Waals surface area contributed by atoms with Gasteiger partial charge in [-0.05, 0) is 17.7 Å². The van der Waals surface area contributed by atoms with E-state index in [1.807, 2.05) is 12.1 Å². The summed E-state index contributed by atoms with van der Waals surface area (Å²) < 4.78 is 0. The molecule has 21 heavy (non-hydrogen) atoms. The average Bonchev–Trinajstić information content (AvgIpc) is 2.87. The molecule has 6 nitrogen and oxygen atoms in total. The molecule has 1 heterocycles. The van der Waals surface area contributed by atoms with Crippen LogP contribution < -0.4 is 11.1 Å². The normalized spacial score (nSPS) is 10.2.